The van der Waals surface area contributed by atoms with E-state index in [2.05, 4.69) is 0 Å². The van der Waals surface area contributed by atoms with Crippen LogP contribution < -0.4 is 0 Å². The molecule has 0 unspecified atom stereocenters. The monoisotopic (exact) mass is 1740 g/mol. The van der Waals surface area contributed by atoms with Crippen LogP contribution in [0.15, 0.2) is 0 Å². The van der Waals surface area contributed by atoms with Crippen molar-refractivity contribution in [1.82, 2.24) is 0 Å². The second-order valence-electron chi connectivity index (χ2n) is 0. The van der Waals surface area contributed by atoms with E-state index < -0.39 is 0 Å². The molecule has 0 spiro atoms. The first-order valence-electron chi connectivity index (χ1n) is 0. The van der Waals surface area contributed by atoms with Crippen molar-refractivity contribution in [3.63, 3.8) is 0 Å². The molecule has 14 heavy (non-hydrogen) atoms. The van der Waals surface area contributed by atoms with Gasteiger partial charge in [0.1, 0.15) is 0 Å². The van der Waals surface area contributed by atoms with Crippen molar-refractivity contribution < 1.29 is 410 Å². The van der Waals surface area contributed by atoms with Crippen LogP contribution in [0.25, 0.3) is 0 Å². The fourth-order valence-corrected chi connectivity index (χ4v) is 0. The van der Waals surface area contributed by atoms with Crippen LogP contribution in [0.3, 0.4) is 0 Å². The van der Waals surface area contributed by atoms with Crippen molar-refractivity contribution in [2.45, 2.75) is 0 Å². The van der Waals surface area contributed by atoms with E-state index in [1.54, 1.807) is 0 Å². The molecule has 94 valence electrons. The first-order chi connectivity index (χ1) is 0. The number of hydrogen-bond acceptors (Lipinski definition) is 0. The Labute approximate surface area is 468 Å². The van der Waals surface area contributed by atoms with E-state index in [4.69, 9.17) is 0 Å². The van der Waals surface area contributed by atoms with Gasteiger partial charge in [0.05, 0.1) is 0 Å². The molecule has 0 saturated heterocycles. The van der Waals surface area contributed by atoms with Crippen molar-refractivity contribution in [2.24, 2.45) is 0 Å². The first-order valence-corrected chi connectivity index (χ1v) is 0. The van der Waals surface area contributed by atoms with E-state index in [1.165, 1.54) is 0 Å². The summed E-state index contributed by atoms with van der Waals surface area (Å²) in [6.07, 6.45) is 0. The van der Waals surface area contributed by atoms with E-state index in [0.717, 1.165) is 0 Å². The summed E-state index contributed by atoms with van der Waals surface area (Å²) < 4.78 is 0. The summed E-state index contributed by atoms with van der Waals surface area (Å²) in [6, 6.07) is 0. The molecule has 0 saturated carbocycles. The Bertz CT molecular complexity index is 53.3. The average Bonchev–Trinajstić information content (AvgIpc) is 0. The zero-order chi connectivity index (χ0) is 0. The van der Waals surface area contributed by atoms with Crippen LogP contribution in [-0.4, -0.2) is 77.0 Å². The fraction of sp³-hybridized carbons (Fsp3) is 0. The number of hydrogen-bond donors (Lipinski definition) is 0. The Morgan fingerprint density at radius 2 is 1.00 bits per heavy atom. The predicted octanol–water partition coefficient (Wildman–Crippen LogP) is -0.772. The van der Waals surface area contributed by atoms with Gasteiger partial charge < -0.3 is 0 Å². The molecule has 0 aliphatic rings. The molecule has 0 aromatic rings. The Morgan fingerprint density at radius 3 is 1.00 bits per heavy atom. The molecule has 0 heterocycles. The Morgan fingerprint density at radius 1 is 1.00 bits per heavy atom. The summed E-state index contributed by atoms with van der Waals surface area (Å²) in [4.78, 5) is 0. The van der Waals surface area contributed by atoms with E-state index in [9.17, 15) is 0 Å². The summed E-state index contributed by atoms with van der Waals surface area (Å²) in [5, 5.41) is 0. The van der Waals surface area contributed by atoms with Crippen molar-refractivity contribution in [1.29, 1.82) is 0 Å². The third-order valence-corrected chi connectivity index (χ3v) is 0. The van der Waals surface area contributed by atoms with Crippen LogP contribution in [0.5, 0.6) is 0 Å². The molecule has 0 rings (SSSR count). The standard InChI is InChI=1S/Cr.Dy.Er.Eu.Hf.Ho.Li.Lu.Nd.Rb.Sm.Tb.Ti.Zr. The molecule has 0 aliphatic heterocycles. The Kier molecular flexibility index (Phi) is 626. The quantitative estimate of drug-likeness (QED) is 0.280. The van der Waals surface area contributed by atoms with Gasteiger partial charge in [-0.2, -0.15) is 0 Å². The van der Waals surface area contributed by atoms with Crippen LogP contribution in [0.4, 0.5) is 0 Å². The second-order valence-corrected chi connectivity index (χ2v) is 0. The number of rotatable bonds is 0. The SMILES string of the molecule is [Cr].[Dy].[Er].[Eu].[Hf].[Ho].[Li].[Lu].[Nd].[Rb].[Sm].[Tb].[Ti].[Zr]. The van der Waals surface area contributed by atoms with Gasteiger partial charge in [-0.25, -0.2) is 0 Å². The van der Waals surface area contributed by atoms with Gasteiger partial charge in [-0.15, -0.1) is 0 Å². The van der Waals surface area contributed by atoms with E-state index in [1.807, 2.05) is 0 Å². The summed E-state index contributed by atoms with van der Waals surface area (Å²) >= 11 is 0. The van der Waals surface area contributed by atoms with Gasteiger partial charge >= 0.3 is 0 Å². The topological polar surface area (TPSA) is 0 Å². The molecule has 0 aliphatic carbocycles. The molecule has 14 heteroatoms. The van der Waals surface area contributed by atoms with Crippen LogP contribution in [-0.2, 0) is 91.1 Å². The molecule has 6 radical (unpaired) electrons. The van der Waals surface area contributed by atoms with Crippen LogP contribution in [0, 0.1) is 319 Å². The van der Waals surface area contributed by atoms with Crippen LogP contribution in [0.2, 0.25) is 0 Å². The maximum absolute atomic E-state index is 0. The van der Waals surface area contributed by atoms with Gasteiger partial charge in [0.25, 0.3) is 0 Å². The van der Waals surface area contributed by atoms with Gasteiger partial charge in [0, 0.05) is 487 Å². The molecular formula is CrDyErEuHfHoLiLuNdRbSmTbTiZr. The van der Waals surface area contributed by atoms with Gasteiger partial charge in [0.2, 0.25) is 0 Å². The second kappa shape index (κ2) is 88.9. The third-order valence-electron chi connectivity index (χ3n) is 0. The maximum atomic E-state index is 0. The molecule has 0 N–H and O–H groups in total. The van der Waals surface area contributed by atoms with Crippen molar-refractivity contribution in [3.8, 4) is 0 Å². The molecule has 0 aromatic carbocycles. The van der Waals surface area contributed by atoms with Crippen LogP contribution >= 0.6 is 0 Å². The maximum Gasteiger partial charge on any atom is 0 e. The van der Waals surface area contributed by atoms with Gasteiger partial charge in [0.15, 0.2) is 0 Å². The molecule has 0 bridgehead atoms. The van der Waals surface area contributed by atoms with Gasteiger partial charge in [-0.1, -0.05) is 0 Å². The average molecular weight is 1740 g/mol. The van der Waals surface area contributed by atoms with Crippen molar-refractivity contribution in [3.05, 3.63) is 0 Å². The molecule has 0 amide bonds. The molecule has 0 nitrogen and oxygen atoms in total. The molecule has 0 fully saturated rings. The third kappa shape index (κ3) is 79.8. The first kappa shape index (κ1) is 98.6. The Hall–Kier alpha value is 16.0. The summed E-state index contributed by atoms with van der Waals surface area (Å²) in [5.41, 5.74) is 0. The fourth-order valence-electron chi connectivity index (χ4n) is 0. The predicted molar refractivity (Wildman–Crippen MR) is 11.5 cm³/mol. The van der Waals surface area contributed by atoms with E-state index >= 15 is 0 Å². The molecular weight excluding hydrogens is 1740 g/mol. The minimum Gasteiger partial charge on any atom is 0 e. The van der Waals surface area contributed by atoms with Crippen molar-refractivity contribution in [2.75, 3.05) is 0 Å². The minimum atomic E-state index is 0. The largest absolute Gasteiger partial charge is 0 e. The molecule has 0 atom stereocenters. The summed E-state index contributed by atoms with van der Waals surface area (Å²) in [6.45, 7) is 0. The zero-order valence-electron chi connectivity index (χ0n) is 6.69. The summed E-state index contributed by atoms with van der Waals surface area (Å²) in [5.74, 6) is 0. The Balaban J connectivity index is 0. The van der Waals surface area contributed by atoms with Crippen molar-refractivity contribution >= 4 is 77.0 Å². The van der Waals surface area contributed by atoms with Gasteiger partial charge in [-0.05, 0) is 0 Å². The van der Waals surface area contributed by atoms with E-state index in [-0.39, 0.29) is 487 Å². The smallest absolute Gasteiger partial charge is 0 e. The van der Waals surface area contributed by atoms with Crippen LogP contribution in [0.1, 0.15) is 0 Å². The molecule has 0 aromatic heterocycles. The summed E-state index contributed by atoms with van der Waals surface area (Å²) in [7, 11) is 0. The normalized spacial score (nSPS) is 0. The minimum absolute atomic E-state index is 0. The van der Waals surface area contributed by atoms with Gasteiger partial charge in [-0.3, -0.25) is 0 Å². The van der Waals surface area contributed by atoms with E-state index in [0.29, 0.717) is 0 Å². The zero-order valence-corrected chi connectivity index (χ0v) is 38.4.